The summed E-state index contributed by atoms with van der Waals surface area (Å²) in [5, 5.41) is 14.7. The summed E-state index contributed by atoms with van der Waals surface area (Å²) < 4.78 is 0. The summed E-state index contributed by atoms with van der Waals surface area (Å²) in [5.74, 6) is 0. The summed E-state index contributed by atoms with van der Waals surface area (Å²) in [4.78, 5) is 16.0. The van der Waals surface area contributed by atoms with Crippen molar-refractivity contribution in [1.29, 1.82) is 0 Å². The zero-order valence-electron chi connectivity index (χ0n) is 12.4. The molecule has 1 aliphatic rings. The summed E-state index contributed by atoms with van der Waals surface area (Å²) in [7, 11) is -1.24. The molecule has 21 heavy (non-hydrogen) atoms. The van der Waals surface area contributed by atoms with E-state index < -0.39 is 13.0 Å². The maximum Gasteiger partial charge on any atom is 0.270 e. The van der Waals surface area contributed by atoms with E-state index in [0.29, 0.717) is 17.7 Å². The Morgan fingerprint density at radius 2 is 2.19 bits per heavy atom. The lowest BCUT2D eigenvalue weighted by molar-refractivity contribution is -0.384. The van der Waals surface area contributed by atoms with Gasteiger partial charge in [0.05, 0.1) is 10.3 Å². The molecular formula is C14H19ClN2O3Si. The number of nitrogens with zero attached hydrogens (tertiary/aromatic N) is 2. The first kappa shape index (κ1) is 16.0. The van der Waals surface area contributed by atoms with Gasteiger partial charge in [0.25, 0.3) is 5.69 Å². The second-order valence-corrected chi connectivity index (χ2v) is 12.5. The molecule has 1 aromatic carbocycles. The molecule has 0 aromatic heterocycles. The largest absolute Gasteiger partial charge is 0.392 e. The minimum atomic E-state index is -1.24. The standard InChI is InChI=1S/C14H19ClN2O3Si/c1-21(2,3)9-12-8-13(15)14(16-20-12)10-5-4-6-11(7-10)17(18)19/h4-7,12-13H,8-9H2,1-3H3/t12-,13+/m1/s1. The van der Waals surface area contributed by atoms with Gasteiger partial charge in [0.15, 0.2) is 0 Å². The van der Waals surface area contributed by atoms with E-state index in [9.17, 15) is 10.1 Å². The Hall–Kier alpha value is -1.40. The van der Waals surface area contributed by atoms with E-state index in [4.69, 9.17) is 16.4 Å². The Bertz CT molecular complexity index is 572. The van der Waals surface area contributed by atoms with Gasteiger partial charge in [0, 0.05) is 32.2 Å². The third-order valence-electron chi connectivity index (χ3n) is 3.26. The molecule has 0 N–H and O–H groups in total. The molecule has 0 fully saturated rings. The fraction of sp³-hybridized carbons (Fsp3) is 0.500. The molecule has 2 rings (SSSR count). The number of hydrogen-bond acceptors (Lipinski definition) is 4. The molecule has 0 amide bonds. The Morgan fingerprint density at radius 3 is 2.76 bits per heavy atom. The van der Waals surface area contributed by atoms with Crippen LogP contribution >= 0.6 is 11.6 Å². The van der Waals surface area contributed by atoms with Gasteiger partial charge in [-0.3, -0.25) is 10.1 Å². The van der Waals surface area contributed by atoms with E-state index in [2.05, 4.69) is 24.8 Å². The number of nitro groups is 1. The van der Waals surface area contributed by atoms with Crippen LogP contribution in [0.25, 0.3) is 0 Å². The summed E-state index contributed by atoms with van der Waals surface area (Å²) in [6.45, 7) is 6.83. The molecule has 1 aliphatic heterocycles. The molecule has 0 aliphatic carbocycles. The van der Waals surface area contributed by atoms with Gasteiger partial charge in [-0.25, -0.2) is 0 Å². The predicted octanol–water partition coefficient (Wildman–Crippen LogP) is 4.03. The third kappa shape index (κ3) is 4.28. The van der Waals surface area contributed by atoms with E-state index in [1.165, 1.54) is 12.1 Å². The van der Waals surface area contributed by atoms with E-state index in [0.717, 1.165) is 6.04 Å². The van der Waals surface area contributed by atoms with Crippen LogP contribution in [0.4, 0.5) is 5.69 Å². The van der Waals surface area contributed by atoms with Crippen molar-refractivity contribution in [2.24, 2.45) is 5.16 Å². The van der Waals surface area contributed by atoms with Crippen molar-refractivity contribution in [2.75, 3.05) is 0 Å². The van der Waals surface area contributed by atoms with Gasteiger partial charge in [-0.1, -0.05) is 36.9 Å². The average Bonchev–Trinajstić information content (AvgIpc) is 2.37. The Balaban J connectivity index is 2.18. The number of halogens is 1. The molecule has 0 radical (unpaired) electrons. The van der Waals surface area contributed by atoms with Crippen molar-refractivity contribution in [2.45, 2.75) is 43.6 Å². The molecule has 1 aromatic rings. The average molecular weight is 327 g/mol. The quantitative estimate of drug-likeness (QED) is 0.363. The highest BCUT2D eigenvalue weighted by molar-refractivity contribution is 6.76. The molecule has 114 valence electrons. The van der Waals surface area contributed by atoms with Crippen LogP contribution < -0.4 is 0 Å². The van der Waals surface area contributed by atoms with Crippen molar-refractivity contribution in [3.8, 4) is 0 Å². The lowest BCUT2D eigenvalue weighted by Gasteiger charge is -2.28. The molecule has 2 atom stereocenters. The molecular weight excluding hydrogens is 308 g/mol. The highest BCUT2D eigenvalue weighted by Gasteiger charge is 2.31. The molecule has 7 heteroatoms. The van der Waals surface area contributed by atoms with E-state index in [-0.39, 0.29) is 17.2 Å². The van der Waals surface area contributed by atoms with Gasteiger partial charge < -0.3 is 4.84 Å². The summed E-state index contributed by atoms with van der Waals surface area (Å²) in [6.07, 6.45) is 0.731. The molecule has 0 bridgehead atoms. The number of benzene rings is 1. The highest BCUT2D eigenvalue weighted by atomic mass is 35.5. The molecule has 0 saturated carbocycles. The highest BCUT2D eigenvalue weighted by Crippen LogP contribution is 2.27. The second kappa shape index (κ2) is 6.15. The smallest absolute Gasteiger partial charge is 0.270 e. The van der Waals surface area contributed by atoms with Gasteiger partial charge in [-0.15, -0.1) is 11.6 Å². The normalized spacial score (nSPS) is 22.4. The molecule has 5 nitrogen and oxygen atoms in total. The number of alkyl halides is 1. The Labute approximate surface area is 130 Å². The Morgan fingerprint density at radius 1 is 1.48 bits per heavy atom. The number of nitro benzene ring substituents is 1. The Kier molecular flexibility index (Phi) is 4.68. The van der Waals surface area contributed by atoms with Gasteiger partial charge in [0.1, 0.15) is 11.8 Å². The SMILES string of the molecule is C[Si](C)(C)C[C@H]1C[C@H](Cl)C(c2cccc([N+](=O)[O-])c2)=NO1. The summed E-state index contributed by atoms with van der Waals surface area (Å²) in [6, 6.07) is 7.33. The van der Waals surface area contributed by atoms with Crippen LogP contribution in [-0.4, -0.2) is 30.2 Å². The first-order valence-corrected chi connectivity index (χ1v) is 11.0. The van der Waals surface area contributed by atoms with E-state index in [1.54, 1.807) is 12.1 Å². The van der Waals surface area contributed by atoms with E-state index >= 15 is 0 Å². The monoisotopic (exact) mass is 326 g/mol. The van der Waals surface area contributed by atoms with Crippen LogP contribution in [0.3, 0.4) is 0 Å². The molecule has 1 heterocycles. The molecule has 0 unspecified atom stereocenters. The maximum atomic E-state index is 10.8. The van der Waals surface area contributed by atoms with Crippen molar-refractivity contribution in [3.63, 3.8) is 0 Å². The third-order valence-corrected chi connectivity index (χ3v) is 5.32. The zero-order valence-corrected chi connectivity index (χ0v) is 14.1. The fourth-order valence-electron chi connectivity index (χ4n) is 2.39. The molecule has 0 saturated heterocycles. The number of hydrogen-bond donors (Lipinski definition) is 0. The van der Waals surface area contributed by atoms with Gasteiger partial charge in [-0.05, 0) is 6.04 Å². The second-order valence-electron chi connectivity index (χ2n) is 6.48. The van der Waals surface area contributed by atoms with Crippen LogP contribution in [0.15, 0.2) is 29.4 Å². The van der Waals surface area contributed by atoms with Gasteiger partial charge >= 0.3 is 0 Å². The van der Waals surface area contributed by atoms with Crippen LogP contribution in [0, 0.1) is 10.1 Å². The van der Waals surface area contributed by atoms with E-state index in [1.807, 2.05) is 0 Å². The van der Waals surface area contributed by atoms with Crippen LogP contribution in [0.5, 0.6) is 0 Å². The first-order chi connectivity index (χ1) is 9.76. The number of rotatable bonds is 4. The van der Waals surface area contributed by atoms with Gasteiger partial charge in [0.2, 0.25) is 0 Å². The van der Waals surface area contributed by atoms with Crippen molar-refractivity contribution < 1.29 is 9.76 Å². The topological polar surface area (TPSA) is 64.7 Å². The maximum absolute atomic E-state index is 10.8. The van der Waals surface area contributed by atoms with Crippen LogP contribution in [-0.2, 0) is 4.84 Å². The lowest BCUT2D eigenvalue weighted by atomic mass is 10.0. The minimum Gasteiger partial charge on any atom is -0.392 e. The fourth-order valence-corrected chi connectivity index (χ4v) is 4.36. The summed E-state index contributed by atoms with van der Waals surface area (Å²) in [5.41, 5.74) is 1.26. The first-order valence-electron chi connectivity index (χ1n) is 6.89. The molecule has 0 spiro atoms. The lowest BCUT2D eigenvalue weighted by Crippen LogP contribution is -2.34. The number of oxime groups is 1. The predicted molar refractivity (Wildman–Crippen MR) is 86.9 cm³/mol. The zero-order chi connectivity index (χ0) is 15.6. The van der Waals surface area contributed by atoms with Crippen molar-refractivity contribution in [1.82, 2.24) is 0 Å². The summed E-state index contributed by atoms with van der Waals surface area (Å²) >= 11 is 6.41. The van der Waals surface area contributed by atoms with Gasteiger partial charge in [-0.2, -0.15) is 0 Å². The van der Waals surface area contributed by atoms with Crippen LogP contribution in [0.1, 0.15) is 12.0 Å². The van der Waals surface area contributed by atoms with Crippen molar-refractivity contribution >= 4 is 31.1 Å². The van der Waals surface area contributed by atoms with Crippen molar-refractivity contribution in [3.05, 3.63) is 39.9 Å². The van der Waals surface area contributed by atoms with Crippen LogP contribution in [0.2, 0.25) is 25.7 Å². The number of non-ortho nitro benzene ring substituents is 1. The minimum absolute atomic E-state index is 0.0308.